The summed E-state index contributed by atoms with van der Waals surface area (Å²) >= 11 is 0. The molecule has 0 aliphatic heterocycles. The van der Waals surface area contributed by atoms with Crippen molar-refractivity contribution in [2.75, 3.05) is 7.11 Å². The van der Waals surface area contributed by atoms with Crippen LogP contribution in [-0.4, -0.2) is 54.0 Å². The monoisotopic (exact) mass is 532 g/mol. The molecular weight excluding hydrogens is 500 g/mol. The van der Waals surface area contributed by atoms with Crippen molar-refractivity contribution in [2.45, 2.75) is 56.2 Å². The first-order chi connectivity index (χ1) is 18.7. The molecule has 0 bridgehead atoms. The largest absolute Gasteiger partial charge is 0.466 e. The quantitative estimate of drug-likeness (QED) is 0.264. The molecule has 1 saturated carbocycles. The predicted octanol–water partition coefficient (Wildman–Crippen LogP) is 3.93. The summed E-state index contributed by atoms with van der Waals surface area (Å²) in [5.74, 6) is -2.22. The van der Waals surface area contributed by atoms with Gasteiger partial charge in [0.2, 0.25) is 5.60 Å². The number of methoxy groups -OCH3 is 1. The maximum Gasteiger partial charge on any atom is 0.350 e. The van der Waals surface area contributed by atoms with Gasteiger partial charge in [-0.2, -0.15) is 0 Å². The van der Waals surface area contributed by atoms with Crippen molar-refractivity contribution in [1.29, 1.82) is 0 Å². The minimum Gasteiger partial charge on any atom is -0.466 e. The SMILES string of the molecule is COC(=O)[C@@]1(OC(C)=O)C[C@@H](OC(C)=O)[C@H](O)[C@H](OC(c2ccccc2)(c2ccccc2)c2ccccc2)C1. The number of esters is 3. The zero-order chi connectivity index (χ0) is 28.0. The topological polar surface area (TPSA) is 108 Å². The van der Waals surface area contributed by atoms with Crippen molar-refractivity contribution in [3.05, 3.63) is 108 Å². The van der Waals surface area contributed by atoms with E-state index in [1.807, 2.05) is 91.0 Å². The third kappa shape index (κ3) is 5.72. The zero-order valence-corrected chi connectivity index (χ0v) is 22.1. The van der Waals surface area contributed by atoms with E-state index in [9.17, 15) is 19.5 Å². The van der Waals surface area contributed by atoms with Crippen molar-refractivity contribution in [1.82, 2.24) is 0 Å². The van der Waals surface area contributed by atoms with Gasteiger partial charge in [0.05, 0.1) is 13.2 Å². The lowest BCUT2D eigenvalue weighted by molar-refractivity contribution is -0.225. The van der Waals surface area contributed by atoms with Crippen LogP contribution in [0.2, 0.25) is 0 Å². The molecule has 1 fully saturated rings. The Morgan fingerprint density at radius 3 is 1.56 bits per heavy atom. The fourth-order valence-corrected chi connectivity index (χ4v) is 5.35. The number of hydrogen-bond acceptors (Lipinski definition) is 8. The lowest BCUT2D eigenvalue weighted by Gasteiger charge is -2.47. The summed E-state index contributed by atoms with van der Waals surface area (Å²) in [4.78, 5) is 37.3. The molecule has 3 aromatic rings. The fourth-order valence-electron chi connectivity index (χ4n) is 5.35. The molecular formula is C31H32O8. The van der Waals surface area contributed by atoms with Crippen molar-refractivity contribution >= 4 is 17.9 Å². The first-order valence-corrected chi connectivity index (χ1v) is 12.7. The van der Waals surface area contributed by atoms with Crippen LogP contribution in [0.4, 0.5) is 0 Å². The Kier molecular flexibility index (Phi) is 8.47. The fraction of sp³-hybridized carbons (Fsp3) is 0.323. The van der Waals surface area contributed by atoms with Gasteiger partial charge >= 0.3 is 17.9 Å². The molecule has 0 radical (unpaired) electrons. The van der Waals surface area contributed by atoms with Crippen LogP contribution >= 0.6 is 0 Å². The number of aliphatic hydroxyl groups is 1. The summed E-state index contributed by atoms with van der Waals surface area (Å²) in [5.41, 5.74) is -0.812. The second kappa shape index (κ2) is 11.8. The third-order valence-corrected chi connectivity index (χ3v) is 6.91. The lowest BCUT2D eigenvalue weighted by atomic mass is 9.76. The number of rotatable bonds is 8. The molecule has 0 heterocycles. The molecule has 1 aliphatic carbocycles. The summed E-state index contributed by atoms with van der Waals surface area (Å²) in [6, 6.07) is 28.5. The Morgan fingerprint density at radius 1 is 0.744 bits per heavy atom. The highest BCUT2D eigenvalue weighted by Crippen LogP contribution is 2.45. The highest BCUT2D eigenvalue weighted by molar-refractivity contribution is 5.83. The molecule has 4 rings (SSSR count). The smallest absolute Gasteiger partial charge is 0.350 e. The third-order valence-electron chi connectivity index (χ3n) is 6.91. The molecule has 0 spiro atoms. The van der Waals surface area contributed by atoms with Gasteiger partial charge in [-0.05, 0) is 16.7 Å². The summed E-state index contributed by atoms with van der Waals surface area (Å²) in [6.45, 7) is 2.37. The van der Waals surface area contributed by atoms with Crippen LogP contribution in [0.15, 0.2) is 91.0 Å². The summed E-state index contributed by atoms with van der Waals surface area (Å²) in [6.07, 6.45) is -4.21. The van der Waals surface area contributed by atoms with Crippen LogP contribution in [-0.2, 0) is 38.9 Å². The maximum atomic E-state index is 13.1. The van der Waals surface area contributed by atoms with E-state index in [0.29, 0.717) is 0 Å². The minimum atomic E-state index is -1.85. The van der Waals surface area contributed by atoms with Crippen LogP contribution in [0.1, 0.15) is 43.4 Å². The van der Waals surface area contributed by atoms with Crippen molar-refractivity contribution in [2.24, 2.45) is 0 Å². The van der Waals surface area contributed by atoms with Gasteiger partial charge in [-0.1, -0.05) is 91.0 Å². The predicted molar refractivity (Wildman–Crippen MR) is 141 cm³/mol. The van der Waals surface area contributed by atoms with Crippen LogP contribution in [0.5, 0.6) is 0 Å². The number of carbonyl (C=O) groups is 3. The van der Waals surface area contributed by atoms with E-state index in [2.05, 4.69) is 0 Å². The highest BCUT2D eigenvalue weighted by atomic mass is 16.6. The number of benzene rings is 3. The van der Waals surface area contributed by atoms with Gasteiger partial charge < -0.3 is 24.1 Å². The molecule has 1 aliphatic rings. The molecule has 1 N–H and O–H groups in total. The average Bonchev–Trinajstić information content (AvgIpc) is 2.94. The first kappa shape index (κ1) is 28.0. The summed E-state index contributed by atoms with van der Waals surface area (Å²) in [5, 5.41) is 11.5. The van der Waals surface area contributed by atoms with Crippen LogP contribution in [0.25, 0.3) is 0 Å². The van der Waals surface area contributed by atoms with E-state index in [1.165, 1.54) is 21.0 Å². The maximum absolute atomic E-state index is 13.1. The van der Waals surface area contributed by atoms with Gasteiger partial charge in [0.1, 0.15) is 17.8 Å². The van der Waals surface area contributed by atoms with Gasteiger partial charge in [0, 0.05) is 26.7 Å². The van der Waals surface area contributed by atoms with Gasteiger partial charge in [0.15, 0.2) is 0 Å². The zero-order valence-electron chi connectivity index (χ0n) is 22.1. The van der Waals surface area contributed by atoms with E-state index in [0.717, 1.165) is 16.7 Å². The van der Waals surface area contributed by atoms with E-state index >= 15 is 0 Å². The molecule has 204 valence electrons. The Morgan fingerprint density at radius 2 is 1.18 bits per heavy atom. The van der Waals surface area contributed by atoms with Gasteiger partial charge in [-0.15, -0.1) is 0 Å². The van der Waals surface area contributed by atoms with E-state index in [-0.39, 0.29) is 12.8 Å². The molecule has 0 saturated heterocycles. The first-order valence-electron chi connectivity index (χ1n) is 12.7. The van der Waals surface area contributed by atoms with Crippen LogP contribution in [0.3, 0.4) is 0 Å². The second-order valence-corrected chi connectivity index (χ2v) is 9.56. The number of aliphatic hydroxyl groups excluding tert-OH is 1. The molecule has 8 heteroatoms. The molecule has 0 amide bonds. The highest BCUT2D eigenvalue weighted by Gasteiger charge is 2.57. The number of hydrogen-bond donors (Lipinski definition) is 1. The van der Waals surface area contributed by atoms with E-state index in [1.54, 1.807) is 0 Å². The van der Waals surface area contributed by atoms with Gasteiger partial charge in [-0.25, -0.2) is 4.79 Å². The average molecular weight is 533 g/mol. The second-order valence-electron chi connectivity index (χ2n) is 9.56. The molecule has 0 unspecified atom stereocenters. The molecule has 39 heavy (non-hydrogen) atoms. The van der Waals surface area contributed by atoms with E-state index < -0.39 is 47.4 Å². The normalized spacial score (nSPS) is 22.9. The van der Waals surface area contributed by atoms with E-state index in [4.69, 9.17) is 18.9 Å². The molecule has 0 aromatic heterocycles. The number of ether oxygens (including phenoxy) is 4. The molecule has 4 atom stereocenters. The molecule has 8 nitrogen and oxygen atoms in total. The minimum absolute atomic E-state index is 0.230. The van der Waals surface area contributed by atoms with Crippen molar-refractivity contribution in [3.63, 3.8) is 0 Å². The van der Waals surface area contributed by atoms with Gasteiger partial charge in [-0.3, -0.25) is 9.59 Å². The lowest BCUT2D eigenvalue weighted by Crippen LogP contribution is -2.61. The van der Waals surface area contributed by atoms with Crippen LogP contribution in [0, 0.1) is 0 Å². The standard InChI is InChI=1S/C31H32O8/c1-21(32)37-26-19-30(29(35)36-3,38-22(2)33)20-27(28(26)34)39-31(23-13-7-4-8-14-23,24-15-9-5-10-16-24)25-17-11-6-12-18-25/h4-18,26-28,34H,19-20H2,1-3H3/t26-,27-,28+,30-/m1/s1. The Labute approximate surface area is 227 Å². The van der Waals surface area contributed by atoms with Crippen LogP contribution < -0.4 is 0 Å². The van der Waals surface area contributed by atoms with Crippen molar-refractivity contribution in [3.8, 4) is 0 Å². The molecule has 3 aromatic carbocycles. The Bertz CT molecular complexity index is 1180. The Hall–Kier alpha value is -4.01. The Balaban J connectivity index is 1.93. The summed E-state index contributed by atoms with van der Waals surface area (Å²) < 4.78 is 23.0. The van der Waals surface area contributed by atoms with Crippen molar-refractivity contribution < 1.29 is 38.4 Å². The van der Waals surface area contributed by atoms with Gasteiger partial charge in [0.25, 0.3) is 0 Å². The summed E-state index contributed by atoms with van der Waals surface area (Å²) in [7, 11) is 1.18. The number of carbonyl (C=O) groups excluding carboxylic acids is 3.